The Hall–Kier alpha value is -2.99. The Morgan fingerprint density at radius 2 is 1.75 bits per heavy atom. The zero-order valence-electron chi connectivity index (χ0n) is 23.9. The zero-order valence-corrected chi connectivity index (χ0v) is 24.7. The van der Waals surface area contributed by atoms with E-state index in [-0.39, 0.29) is 30.2 Å². The molecule has 220 valence electrons. The molecule has 4 rings (SSSR count). The van der Waals surface area contributed by atoms with Crippen LogP contribution in [0.1, 0.15) is 33.3 Å². The Morgan fingerprint density at radius 1 is 1.12 bits per heavy atom. The molecule has 1 unspecified atom stereocenters. The van der Waals surface area contributed by atoms with Gasteiger partial charge < -0.3 is 25.8 Å². The lowest BCUT2D eigenvalue weighted by atomic mass is 10.00. The van der Waals surface area contributed by atoms with Crippen LogP contribution in [0.3, 0.4) is 0 Å². The highest BCUT2D eigenvalue weighted by atomic mass is 35.5. The monoisotopic (exact) mass is 574 g/mol. The largest absolute Gasteiger partial charge is 0.354 e. The summed E-state index contributed by atoms with van der Waals surface area (Å²) in [4.78, 5) is 47.7. The molecular weight excluding hydrogens is 532 g/mol. The summed E-state index contributed by atoms with van der Waals surface area (Å²) in [6.07, 6.45) is 2.56. The number of anilines is 1. The van der Waals surface area contributed by atoms with Gasteiger partial charge in [0.2, 0.25) is 5.91 Å². The number of nitrogens with one attached hydrogen (secondary N) is 2. The minimum absolute atomic E-state index is 0. The molecule has 12 heteroatoms. The molecular formula is C28H43ClN8O3. The number of rotatable bonds is 9. The summed E-state index contributed by atoms with van der Waals surface area (Å²) in [5, 5.41) is 6.04. The van der Waals surface area contributed by atoms with E-state index in [1.807, 2.05) is 12.1 Å². The number of amides is 3. The predicted molar refractivity (Wildman–Crippen MR) is 159 cm³/mol. The Morgan fingerprint density at radius 3 is 2.27 bits per heavy atom. The standard InChI is InChI=1S/C28H42N8O3.ClH/c1-5-33(19-22-17-30-18-22)20(2)16-21-6-8-23(9-7-21)36-11-10-24(32-27(36)39)31-26(38)35-14-12-34(13-15-35)25(37)28(3,4)29;/h6-11,20,22,30H,5,12-19,29H2,1-4H3,(H,31,32,38,39);1H. The molecule has 2 fully saturated rings. The first kappa shape index (κ1) is 31.5. The van der Waals surface area contributed by atoms with Gasteiger partial charge in [-0.2, -0.15) is 4.98 Å². The van der Waals surface area contributed by atoms with Gasteiger partial charge in [-0.05, 0) is 63.4 Å². The lowest BCUT2D eigenvalue weighted by molar-refractivity contribution is -0.137. The maximum absolute atomic E-state index is 12.8. The summed E-state index contributed by atoms with van der Waals surface area (Å²) < 4.78 is 1.46. The average molecular weight is 575 g/mol. The Bertz CT molecular complexity index is 1200. The topological polar surface area (TPSA) is 129 Å². The number of urea groups is 1. The zero-order chi connectivity index (χ0) is 28.2. The summed E-state index contributed by atoms with van der Waals surface area (Å²) in [5.74, 6) is 0.793. The highest BCUT2D eigenvalue weighted by Gasteiger charge is 2.31. The highest BCUT2D eigenvalue weighted by Crippen LogP contribution is 2.16. The van der Waals surface area contributed by atoms with Crippen LogP contribution in [0.4, 0.5) is 10.6 Å². The number of hydrogen-bond donors (Lipinski definition) is 3. The summed E-state index contributed by atoms with van der Waals surface area (Å²) in [6.45, 7) is 13.8. The highest BCUT2D eigenvalue weighted by molar-refractivity contribution is 5.89. The van der Waals surface area contributed by atoms with E-state index in [9.17, 15) is 14.4 Å². The second-order valence-corrected chi connectivity index (χ2v) is 11.2. The molecule has 40 heavy (non-hydrogen) atoms. The van der Waals surface area contributed by atoms with Crippen LogP contribution in [-0.2, 0) is 11.2 Å². The lowest BCUT2D eigenvalue weighted by Gasteiger charge is -2.37. The van der Waals surface area contributed by atoms with Crippen molar-refractivity contribution in [2.45, 2.75) is 45.7 Å². The van der Waals surface area contributed by atoms with Crippen LogP contribution < -0.4 is 22.1 Å². The van der Waals surface area contributed by atoms with E-state index in [4.69, 9.17) is 5.73 Å². The number of hydrogen-bond acceptors (Lipinski definition) is 7. The van der Waals surface area contributed by atoms with Crippen LogP contribution in [0.25, 0.3) is 5.69 Å². The predicted octanol–water partition coefficient (Wildman–Crippen LogP) is 1.54. The lowest BCUT2D eigenvalue weighted by Crippen LogP contribution is -2.58. The molecule has 2 aromatic rings. The van der Waals surface area contributed by atoms with Crippen LogP contribution in [0.15, 0.2) is 41.3 Å². The van der Waals surface area contributed by atoms with E-state index < -0.39 is 11.2 Å². The molecule has 0 bridgehead atoms. The third-order valence-electron chi connectivity index (χ3n) is 7.58. The average Bonchev–Trinajstić information content (AvgIpc) is 2.88. The number of carbonyl (C=O) groups is 2. The van der Waals surface area contributed by atoms with Crippen molar-refractivity contribution in [3.8, 4) is 5.69 Å². The van der Waals surface area contributed by atoms with Crippen molar-refractivity contribution in [1.82, 2.24) is 29.6 Å². The fourth-order valence-electron chi connectivity index (χ4n) is 5.07. The van der Waals surface area contributed by atoms with E-state index in [1.165, 1.54) is 10.1 Å². The Kier molecular flexibility index (Phi) is 10.7. The van der Waals surface area contributed by atoms with Gasteiger partial charge in [-0.3, -0.25) is 14.7 Å². The third-order valence-corrected chi connectivity index (χ3v) is 7.58. The second-order valence-electron chi connectivity index (χ2n) is 11.2. The molecule has 0 saturated carbocycles. The van der Waals surface area contributed by atoms with Crippen molar-refractivity contribution < 1.29 is 9.59 Å². The first-order chi connectivity index (χ1) is 18.5. The van der Waals surface area contributed by atoms with E-state index in [0.717, 1.165) is 44.2 Å². The Labute approximate surface area is 242 Å². The molecule has 2 aliphatic heterocycles. The van der Waals surface area contributed by atoms with Gasteiger partial charge in [-0.1, -0.05) is 19.1 Å². The van der Waals surface area contributed by atoms with Gasteiger partial charge in [-0.25, -0.2) is 9.59 Å². The number of nitrogens with two attached hydrogens (primary N) is 1. The Balaban J connectivity index is 0.00000441. The first-order valence-corrected chi connectivity index (χ1v) is 13.8. The molecule has 1 aromatic carbocycles. The van der Waals surface area contributed by atoms with Crippen molar-refractivity contribution in [1.29, 1.82) is 0 Å². The first-order valence-electron chi connectivity index (χ1n) is 13.8. The fraction of sp³-hybridized carbons (Fsp3) is 0.571. The minimum Gasteiger partial charge on any atom is -0.338 e. The number of piperazine rings is 1. The SMILES string of the molecule is CCN(CC1CNC1)C(C)Cc1ccc(-n2ccc(NC(=O)N3CCN(C(=O)C(C)(C)N)CC3)nc2=O)cc1.Cl. The quantitative estimate of drug-likeness (QED) is 0.414. The molecule has 3 amide bonds. The molecule has 4 N–H and O–H groups in total. The number of aromatic nitrogens is 2. The molecule has 1 atom stereocenters. The summed E-state index contributed by atoms with van der Waals surface area (Å²) >= 11 is 0. The van der Waals surface area contributed by atoms with Crippen LogP contribution in [0, 0.1) is 5.92 Å². The van der Waals surface area contributed by atoms with Gasteiger partial charge in [-0.15, -0.1) is 12.4 Å². The normalized spacial score (nSPS) is 16.8. The van der Waals surface area contributed by atoms with E-state index in [1.54, 1.807) is 35.9 Å². The van der Waals surface area contributed by atoms with Crippen molar-refractivity contribution in [2.24, 2.45) is 11.7 Å². The van der Waals surface area contributed by atoms with Gasteiger partial charge in [0.25, 0.3) is 0 Å². The number of likely N-dealkylation sites (N-methyl/N-ethyl adjacent to an activating group) is 1. The molecule has 0 spiro atoms. The molecule has 11 nitrogen and oxygen atoms in total. The molecule has 2 saturated heterocycles. The van der Waals surface area contributed by atoms with Crippen LogP contribution in [-0.4, -0.2) is 100 Å². The van der Waals surface area contributed by atoms with E-state index in [2.05, 4.69) is 46.5 Å². The van der Waals surface area contributed by atoms with E-state index in [0.29, 0.717) is 32.2 Å². The number of benzene rings is 1. The van der Waals surface area contributed by atoms with E-state index >= 15 is 0 Å². The molecule has 0 radical (unpaired) electrons. The molecule has 1 aromatic heterocycles. The maximum Gasteiger partial charge on any atom is 0.354 e. The molecule has 0 aliphatic carbocycles. The third kappa shape index (κ3) is 7.81. The van der Waals surface area contributed by atoms with Crippen LogP contribution >= 0.6 is 12.4 Å². The maximum atomic E-state index is 12.8. The van der Waals surface area contributed by atoms with Crippen LogP contribution in [0.2, 0.25) is 0 Å². The number of nitrogens with zero attached hydrogens (tertiary/aromatic N) is 5. The van der Waals surface area contributed by atoms with Crippen LogP contribution in [0.5, 0.6) is 0 Å². The number of halogens is 1. The fourth-order valence-corrected chi connectivity index (χ4v) is 5.07. The van der Waals surface area contributed by atoms with Gasteiger partial charge in [0.05, 0.1) is 11.2 Å². The minimum atomic E-state index is -0.944. The summed E-state index contributed by atoms with van der Waals surface area (Å²) in [5.41, 5.74) is 6.44. The smallest absolute Gasteiger partial charge is 0.338 e. The molecule has 2 aliphatic rings. The van der Waals surface area contributed by atoms with Gasteiger partial charge in [0.15, 0.2) is 0 Å². The summed E-state index contributed by atoms with van der Waals surface area (Å²) in [6, 6.07) is 9.67. The van der Waals surface area contributed by atoms with Gasteiger partial charge in [0.1, 0.15) is 5.82 Å². The number of carbonyl (C=O) groups excluding carboxylic acids is 2. The van der Waals surface area contributed by atoms with Crippen molar-refractivity contribution >= 4 is 30.2 Å². The van der Waals surface area contributed by atoms with Gasteiger partial charge >= 0.3 is 11.7 Å². The second kappa shape index (κ2) is 13.6. The van der Waals surface area contributed by atoms with Gasteiger partial charge in [0, 0.05) is 58.1 Å². The van der Waals surface area contributed by atoms with Crippen molar-refractivity contribution in [3.63, 3.8) is 0 Å². The molecule has 3 heterocycles. The van der Waals surface area contributed by atoms with Crippen molar-refractivity contribution in [3.05, 3.63) is 52.6 Å². The van der Waals surface area contributed by atoms with Crippen molar-refractivity contribution in [2.75, 3.05) is 57.7 Å². The summed E-state index contributed by atoms with van der Waals surface area (Å²) in [7, 11) is 0.